The molecule has 2 N–H and O–H groups in total. The Kier molecular flexibility index (Phi) is 6.18. The summed E-state index contributed by atoms with van der Waals surface area (Å²) in [6, 6.07) is 18.7. The van der Waals surface area contributed by atoms with Crippen LogP contribution in [-0.2, 0) is 24.2 Å². The highest BCUT2D eigenvalue weighted by Gasteiger charge is 2.51. The number of urea groups is 1. The molecular weight excluding hydrogens is 374 g/mol. The molecule has 158 valence electrons. The molecule has 1 atom stereocenters. The van der Waals surface area contributed by atoms with Gasteiger partial charge in [0.15, 0.2) is 0 Å². The zero-order valence-corrected chi connectivity index (χ0v) is 17.7. The summed E-state index contributed by atoms with van der Waals surface area (Å²) in [5.41, 5.74) is 3.10. The monoisotopic (exact) mass is 405 g/mol. The molecule has 2 fully saturated rings. The van der Waals surface area contributed by atoms with Crippen molar-refractivity contribution < 1.29 is 9.59 Å². The van der Waals surface area contributed by atoms with Gasteiger partial charge in [0.1, 0.15) is 5.54 Å². The molecule has 2 aromatic rings. The van der Waals surface area contributed by atoms with E-state index in [1.807, 2.05) is 18.2 Å². The molecule has 5 nitrogen and oxygen atoms in total. The minimum atomic E-state index is -0.790. The number of carbonyl (C=O) groups is 2. The molecule has 2 saturated heterocycles. The van der Waals surface area contributed by atoms with Crippen molar-refractivity contribution in [3.63, 3.8) is 0 Å². The normalized spacial score (nSPS) is 22.7. The fourth-order valence-electron chi connectivity index (χ4n) is 4.88. The van der Waals surface area contributed by atoms with Gasteiger partial charge in [0.25, 0.3) is 5.91 Å². The van der Waals surface area contributed by atoms with Crippen molar-refractivity contribution in [3.8, 4) is 0 Å². The summed E-state index contributed by atoms with van der Waals surface area (Å²) in [5, 5.41) is 5.52. The van der Waals surface area contributed by atoms with Crippen LogP contribution in [0.15, 0.2) is 54.6 Å². The van der Waals surface area contributed by atoms with Crippen molar-refractivity contribution in [2.75, 3.05) is 13.1 Å². The van der Waals surface area contributed by atoms with Crippen LogP contribution in [-0.4, -0.2) is 35.5 Å². The summed E-state index contributed by atoms with van der Waals surface area (Å²) in [5.74, 6) is 0.00316. The maximum absolute atomic E-state index is 12.9. The van der Waals surface area contributed by atoms with Gasteiger partial charge in [0.05, 0.1) is 0 Å². The molecule has 2 aliphatic heterocycles. The Morgan fingerprint density at radius 2 is 1.60 bits per heavy atom. The van der Waals surface area contributed by atoms with Crippen LogP contribution in [0.1, 0.15) is 42.9 Å². The molecule has 5 heteroatoms. The molecule has 3 amide bonds. The number of hydrogen-bond acceptors (Lipinski definition) is 3. The Bertz CT molecular complexity index is 873. The summed E-state index contributed by atoms with van der Waals surface area (Å²) in [4.78, 5) is 27.3. The minimum absolute atomic E-state index is 0.156. The number of carbonyl (C=O) groups excluding carboxylic acids is 2. The van der Waals surface area contributed by atoms with E-state index in [2.05, 4.69) is 58.9 Å². The van der Waals surface area contributed by atoms with E-state index < -0.39 is 5.54 Å². The molecule has 0 bridgehead atoms. The molecule has 0 aromatic heterocycles. The van der Waals surface area contributed by atoms with Crippen LogP contribution in [0.4, 0.5) is 4.79 Å². The second-order valence-corrected chi connectivity index (χ2v) is 8.59. The Morgan fingerprint density at radius 3 is 2.20 bits per heavy atom. The predicted octanol–water partition coefficient (Wildman–Crippen LogP) is 3.67. The Labute approximate surface area is 178 Å². The van der Waals surface area contributed by atoms with E-state index >= 15 is 0 Å². The Morgan fingerprint density at radius 1 is 0.933 bits per heavy atom. The van der Waals surface area contributed by atoms with E-state index in [-0.39, 0.29) is 17.9 Å². The number of hydrogen-bond donors (Lipinski definition) is 2. The summed E-state index contributed by atoms with van der Waals surface area (Å²) < 4.78 is 0. The number of imide groups is 1. The first-order valence-electron chi connectivity index (χ1n) is 11.1. The number of nitrogens with zero attached hydrogens (tertiary/aromatic N) is 1. The third kappa shape index (κ3) is 4.41. The molecule has 4 rings (SSSR count). The van der Waals surface area contributed by atoms with Gasteiger partial charge in [-0.15, -0.1) is 0 Å². The van der Waals surface area contributed by atoms with Gasteiger partial charge in [0, 0.05) is 6.54 Å². The minimum Gasteiger partial charge on any atom is -0.323 e. The average Bonchev–Trinajstić information content (AvgIpc) is 3.08. The maximum atomic E-state index is 12.9. The first kappa shape index (κ1) is 20.6. The molecular formula is C25H31N3O2. The van der Waals surface area contributed by atoms with Gasteiger partial charge in [0.2, 0.25) is 0 Å². The molecule has 0 radical (unpaired) electrons. The van der Waals surface area contributed by atoms with Crippen LogP contribution in [0.5, 0.6) is 0 Å². The lowest BCUT2D eigenvalue weighted by Crippen LogP contribution is -2.56. The highest BCUT2D eigenvalue weighted by molar-refractivity contribution is 6.07. The first-order chi connectivity index (χ1) is 14.6. The van der Waals surface area contributed by atoms with Crippen LogP contribution in [0.2, 0.25) is 0 Å². The van der Waals surface area contributed by atoms with Gasteiger partial charge in [-0.05, 0) is 67.8 Å². The number of rotatable bonds is 7. The molecule has 30 heavy (non-hydrogen) atoms. The zero-order chi connectivity index (χ0) is 21.0. The molecule has 0 spiro atoms. The molecule has 0 saturated carbocycles. The van der Waals surface area contributed by atoms with Crippen molar-refractivity contribution in [2.24, 2.45) is 5.92 Å². The van der Waals surface area contributed by atoms with Crippen LogP contribution < -0.4 is 10.6 Å². The fraction of sp³-hybridized carbons (Fsp3) is 0.440. The van der Waals surface area contributed by atoms with E-state index in [9.17, 15) is 9.59 Å². The Hall–Kier alpha value is -2.66. The number of piperidine rings is 1. The second-order valence-electron chi connectivity index (χ2n) is 8.59. The van der Waals surface area contributed by atoms with Crippen LogP contribution in [0.3, 0.4) is 0 Å². The van der Waals surface area contributed by atoms with E-state index in [0.29, 0.717) is 6.42 Å². The van der Waals surface area contributed by atoms with Crippen LogP contribution in [0.25, 0.3) is 0 Å². The van der Waals surface area contributed by atoms with Gasteiger partial charge in [-0.1, -0.05) is 61.5 Å². The van der Waals surface area contributed by atoms with Crippen molar-refractivity contribution in [1.82, 2.24) is 15.5 Å². The highest BCUT2D eigenvalue weighted by atomic mass is 16.2. The van der Waals surface area contributed by atoms with Crippen molar-refractivity contribution in [1.29, 1.82) is 0 Å². The van der Waals surface area contributed by atoms with E-state index in [1.54, 1.807) is 0 Å². The summed E-state index contributed by atoms with van der Waals surface area (Å²) in [6.07, 6.45) is 4.30. The standard InChI is InChI=1S/C25H31N3O2/c1-2-19-8-10-21(11-9-19)18-28-16-13-22(14-17-28)25(23(29)26-24(30)27-25)15-12-20-6-4-3-5-7-20/h3-11,22H,2,12-18H2,1H3,(H2,26,27,29,30)/t25-/m0/s1. The molecule has 0 aliphatic carbocycles. The number of aryl methyl sites for hydroxylation is 2. The van der Waals surface area contributed by atoms with Gasteiger partial charge < -0.3 is 5.32 Å². The molecule has 2 aromatic carbocycles. The highest BCUT2D eigenvalue weighted by Crippen LogP contribution is 2.35. The maximum Gasteiger partial charge on any atom is 0.322 e. The van der Waals surface area contributed by atoms with Gasteiger partial charge in [-0.3, -0.25) is 15.0 Å². The summed E-state index contributed by atoms with van der Waals surface area (Å²) in [6.45, 7) is 4.99. The zero-order valence-electron chi connectivity index (χ0n) is 17.7. The average molecular weight is 406 g/mol. The molecule has 2 heterocycles. The van der Waals surface area contributed by atoms with Gasteiger partial charge in [-0.2, -0.15) is 0 Å². The smallest absolute Gasteiger partial charge is 0.322 e. The lowest BCUT2D eigenvalue weighted by molar-refractivity contribution is -0.127. The van der Waals surface area contributed by atoms with Crippen molar-refractivity contribution >= 4 is 11.9 Å². The van der Waals surface area contributed by atoms with Crippen LogP contribution >= 0.6 is 0 Å². The number of benzene rings is 2. The van der Waals surface area contributed by atoms with E-state index in [0.717, 1.165) is 45.3 Å². The third-order valence-electron chi connectivity index (χ3n) is 6.74. The first-order valence-corrected chi connectivity index (χ1v) is 11.1. The van der Waals surface area contributed by atoms with E-state index in [1.165, 1.54) is 16.7 Å². The van der Waals surface area contributed by atoms with Gasteiger partial charge in [-0.25, -0.2) is 4.79 Å². The predicted molar refractivity (Wildman–Crippen MR) is 118 cm³/mol. The SMILES string of the molecule is CCc1ccc(CN2CCC([C@]3(CCc4ccccc4)NC(=O)NC3=O)CC2)cc1. The van der Waals surface area contributed by atoms with Crippen LogP contribution in [0, 0.1) is 5.92 Å². The van der Waals surface area contributed by atoms with Gasteiger partial charge >= 0.3 is 6.03 Å². The summed E-state index contributed by atoms with van der Waals surface area (Å²) in [7, 11) is 0. The number of amides is 3. The topological polar surface area (TPSA) is 61.4 Å². The van der Waals surface area contributed by atoms with E-state index in [4.69, 9.17) is 0 Å². The number of likely N-dealkylation sites (tertiary alicyclic amines) is 1. The third-order valence-corrected chi connectivity index (χ3v) is 6.74. The lowest BCUT2D eigenvalue weighted by atomic mass is 9.74. The quantitative estimate of drug-likeness (QED) is 0.691. The Balaban J connectivity index is 1.40. The summed E-state index contributed by atoms with van der Waals surface area (Å²) >= 11 is 0. The fourth-order valence-corrected chi connectivity index (χ4v) is 4.88. The largest absolute Gasteiger partial charge is 0.323 e. The lowest BCUT2D eigenvalue weighted by Gasteiger charge is -2.40. The van der Waals surface area contributed by atoms with Crippen molar-refractivity contribution in [2.45, 2.75) is 51.1 Å². The van der Waals surface area contributed by atoms with Crippen molar-refractivity contribution in [3.05, 3.63) is 71.3 Å². The molecule has 2 aliphatic rings. The second kappa shape index (κ2) is 9.00. The molecule has 0 unspecified atom stereocenters. The number of nitrogens with one attached hydrogen (secondary N) is 2.